The molecule has 0 amide bonds. The van der Waals surface area contributed by atoms with Gasteiger partial charge in [0.15, 0.2) is 5.78 Å². The summed E-state index contributed by atoms with van der Waals surface area (Å²) in [6.45, 7) is 1.62. The summed E-state index contributed by atoms with van der Waals surface area (Å²) in [4.78, 5) is 12.6. The molecule has 3 nitrogen and oxygen atoms in total. The number of carbonyl (C=O) groups excluding carboxylic acids is 1. The molecule has 0 aliphatic rings. The molecule has 0 bridgehead atoms. The van der Waals surface area contributed by atoms with E-state index in [-0.39, 0.29) is 5.78 Å². The number of aromatic nitrogens is 2. The first kappa shape index (κ1) is 17.0. The van der Waals surface area contributed by atoms with E-state index in [2.05, 4.69) is 12.1 Å². The van der Waals surface area contributed by atoms with Crippen molar-refractivity contribution in [2.75, 3.05) is 0 Å². The zero-order chi connectivity index (χ0) is 18.6. The number of benzene rings is 3. The van der Waals surface area contributed by atoms with Crippen LogP contribution in [-0.4, -0.2) is 15.6 Å². The van der Waals surface area contributed by atoms with Gasteiger partial charge in [0.1, 0.15) is 5.69 Å². The van der Waals surface area contributed by atoms with E-state index in [1.807, 2.05) is 83.5 Å². The highest BCUT2D eigenvalue weighted by atomic mass is 16.1. The van der Waals surface area contributed by atoms with Crippen LogP contribution in [0.5, 0.6) is 0 Å². The van der Waals surface area contributed by atoms with Crippen molar-refractivity contribution < 1.29 is 4.79 Å². The van der Waals surface area contributed by atoms with Crippen molar-refractivity contribution in [3.05, 3.63) is 108 Å². The summed E-state index contributed by atoms with van der Waals surface area (Å²) in [5.74, 6) is 0.0296. The zero-order valence-corrected chi connectivity index (χ0v) is 15.2. The molecule has 0 saturated heterocycles. The lowest BCUT2D eigenvalue weighted by Crippen LogP contribution is -2.06. The Balaban J connectivity index is 1.95. The second-order valence-corrected chi connectivity index (χ2v) is 6.50. The Morgan fingerprint density at radius 3 is 1.96 bits per heavy atom. The Hall–Kier alpha value is -3.46. The van der Waals surface area contributed by atoms with Gasteiger partial charge in [-0.25, -0.2) is 4.68 Å². The lowest BCUT2D eigenvalue weighted by atomic mass is 9.99. The molecular formula is C24H20N2O. The first-order valence-electron chi connectivity index (χ1n) is 9.01. The van der Waals surface area contributed by atoms with Crippen molar-refractivity contribution in [3.8, 4) is 16.9 Å². The van der Waals surface area contributed by atoms with Crippen LogP contribution in [0, 0.1) is 0 Å². The van der Waals surface area contributed by atoms with Crippen LogP contribution >= 0.6 is 0 Å². The second kappa shape index (κ2) is 7.42. The van der Waals surface area contributed by atoms with Crippen LogP contribution < -0.4 is 0 Å². The average Bonchev–Trinajstić information content (AvgIpc) is 3.09. The van der Waals surface area contributed by atoms with Gasteiger partial charge in [-0.3, -0.25) is 4.79 Å². The predicted octanol–water partition coefficient (Wildman–Crippen LogP) is 5.33. The lowest BCUT2D eigenvalue weighted by Gasteiger charge is -2.09. The van der Waals surface area contributed by atoms with Crippen molar-refractivity contribution in [2.45, 2.75) is 13.3 Å². The number of Topliss-reactive ketones (excluding diaryl/α,β-unsaturated/α-hetero) is 1. The standard InChI is InChI=1S/C24H20N2O/c1-18(27)23-22(17-19-11-5-2-6-12-19)26(21-15-9-4-10-16-21)25-24(23)20-13-7-3-8-14-20/h2-16H,17H2,1H3. The highest BCUT2D eigenvalue weighted by Gasteiger charge is 2.23. The molecule has 0 fully saturated rings. The fourth-order valence-corrected chi connectivity index (χ4v) is 3.36. The third kappa shape index (κ3) is 3.44. The first-order chi connectivity index (χ1) is 13.2. The van der Waals surface area contributed by atoms with Gasteiger partial charge in [-0.05, 0) is 24.6 Å². The quantitative estimate of drug-likeness (QED) is 0.455. The van der Waals surface area contributed by atoms with Gasteiger partial charge in [0.25, 0.3) is 0 Å². The summed E-state index contributed by atoms with van der Waals surface area (Å²) in [6.07, 6.45) is 0.643. The molecule has 3 aromatic carbocycles. The molecular weight excluding hydrogens is 332 g/mol. The minimum atomic E-state index is 0.0296. The van der Waals surface area contributed by atoms with Crippen LogP contribution in [0.15, 0.2) is 91.0 Å². The molecule has 1 heterocycles. The number of ketones is 1. The number of rotatable bonds is 5. The van der Waals surface area contributed by atoms with E-state index in [9.17, 15) is 4.79 Å². The number of hydrogen-bond acceptors (Lipinski definition) is 2. The fourth-order valence-electron chi connectivity index (χ4n) is 3.36. The molecule has 0 unspecified atom stereocenters. The van der Waals surface area contributed by atoms with Crippen LogP contribution in [0.1, 0.15) is 28.5 Å². The van der Waals surface area contributed by atoms with E-state index in [4.69, 9.17) is 5.10 Å². The first-order valence-corrected chi connectivity index (χ1v) is 9.01. The molecule has 0 atom stereocenters. The van der Waals surface area contributed by atoms with Crippen LogP contribution in [-0.2, 0) is 6.42 Å². The highest BCUT2D eigenvalue weighted by Crippen LogP contribution is 2.29. The molecule has 0 radical (unpaired) electrons. The number of para-hydroxylation sites is 1. The maximum Gasteiger partial charge on any atom is 0.163 e. The summed E-state index contributed by atoms with van der Waals surface area (Å²) >= 11 is 0. The maximum atomic E-state index is 12.6. The summed E-state index contributed by atoms with van der Waals surface area (Å²) in [5, 5.41) is 4.86. The largest absolute Gasteiger partial charge is 0.294 e. The van der Waals surface area contributed by atoms with Crippen molar-refractivity contribution in [1.82, 2.24) is 9.78 Å². The molecule has 0 aliphatic carbocycles. The molecule has 0 N–H and O–H groups in total. The smallest absolute Gasteiger partial charge is 0.163 e. The van der Waals surface area contributed by atoms with Crippen molar-refractivity contribution in [1.29, 1.82) is 0 Å². The Labute approximate surface area is 158 Å². The Kier molecular flexibility index (Phi) is 4.67. The molecule has 27 heavy (non-hydrogen) atoms. The summed E-state index contributed by atoms with van der Waals surface area (Å²) in [7, 11) is 0. The Bertz CT molecular complexity index is 1050. The highest BCUT2D eigenvalue weighted by molar-refractivity contribution is 6.01. The summed E-state index contributed by atoms with van der Waals surface area (Å²) < 4.78 is 1.91. The van der Waals surface area contributed by atoms with Gasteiger partial charge in [0.05, 0.1) is 16.9 Å². The van der Waals surface area contributed by atoms with Crippen molar-refractivity contribution in [2.24, 2.45) is 0 Å². The van der Waals surface area contributed by atoms with E-state index in [0.717, 1.165) is 28.2 Å². The summed E-state index contributed by atoms with van der Waals surface area (Å²) in [6, 6.07) is 30.1. The van der Waals surface area contributed by atoms with E-state index in [1.54, 1.807) is 6.92 Å². The normalized spacial score (nSPS) is 10.7. The SMILES string of the molecule is CC(=O)c1c(-c2ccccc2)nn(-c2ccccc2)c1Cc1ccccc1. The number of carbonyl (C=O) groups is 1. The van der Waals surface area contributed by atoms with Gasteiger partial charge in [-0.15, -0.1) is 0 Å². The van der Waals surface area contributed by atoms with E-state index in [0.29, 0.717) is 12.0 Å². The third-order valence-corrected chi connectivity index (χ3v) is 4.60. The monoisotopic (exact) mass is 352 g/mol. The van der Waals surface area contributed by atoms with E-state index < -0.39 is 0 Å². The van der Waals surface area contributed by atoms with Crippen LogP contribution in [0.4, 0.5) is 0 Å². The minimum Gasteiger partial charge on any atom is -0.294 e. The van der Waals surface area contributed by atoms with Gasteiger partial charge in [-0.2, -0.15) is 5.10 Å². The summed E-state index contributed by atoms with van der Waals surface area (Å²) in [5.41, 5.74) is 5.39. The van der Waals surface area contributed by atoms with Crippen LogP contribution in [0.3, 0.4) is 0 Å². The maximum absolute atomic E-state index is 12.6. The fraction of sp³-hybridized carbons (Fsp3) is 0.0833. The zero-order valence-electron chi connectivity index (χ0n) is 15.2. The van der Waals surface area contributed by atoms with Gasteiger partial charge < -0.3 is 0 Å². The van der Waals surface area contributed by atoms with Crippen molar-refractivity contribution >= 4 is 5.78 Å². The van der Waals surface area contributed by atoms with Gasteiger partial charge in [0.2, 0.25) is 0 Å². The van der Waals surface area contributed by atoms with Gasteiger partial charge >= 0.3 is 0 Å². The third-order valence-electron chi connectivity index (χ3n) is 4.60. The molecule has 4 rings (SSSR count). The van der Waals surface area contributed by atoms with Crippen molar-refractivity contribution in [3.63, 3.8) is 0 Å². The van der Waals surface area contributed by atoms with Crippen LogP contribution in [0.2, 0.25) is 0 Å². The molecule has 0 aliphatic heterocycles. The molecule has 0 spiro atoms. The predicted molar refractivity (Wildman–Crippen MR) is 108 cm³/mol. The topological polar surface area (TPSA) is 34.9 Å². The molecule has 132 valence electrons. The number of nitrogens with zero attached hydrogens (tertiary/aromatic N) is 2. The van der Waals surface area contributed by atoms with Gasteiger partial charge in [0, 0.05) is 12.0 Å². The van der Waals surface area contributed by atoms with Crippen LogP contribution in [0.25, 0.3) is 16.9 Å². The van der Waals surface area contributed by atoms with E-state index >= 15 is 0 Å². The van der Waals surface area contributed by atoms with Gasteiger partial charge in [-0.1, -0.05) is 78.9 Å². The molecule has 3 heteroatoms. The lowest BCUT2D eigenvalue weighted by molar-refractivity contribution is 0.101. The average molecular weight is 352 g/mol. The Morgan fingerprint density at radius 1 is 0.815 bits per heavy atom. The second-order valence-electron chi connectivity index (χ2n) is 6.50. The molecule has 0 saturated carbocycles. The molecule has 1 aromatic heterocycles. The number of hydrogen-bond donors (Lipinski definition) is 0. The Morgan fingerprint density at radius 2 is 1.37 bits per heavy atom. The molecule has 4 aromatic rings. The van der Waals surface area contributed by atoms with E-state index in [1.165, 1.54) is 0 Å². The minimum absolute atomic E-state index is 0.0296.